The third kappa shape index (κ3) is 3.08. The van der Waals surface area contributed by atoms with E-state index in [0.717, 1.165) is 6.21 Å². The van der Waals surface area contributed by atoms with Crippen LogP contribution in [0.4, 0.5) is 10.7 Å². The Morgan fingerprint density at radius 3 is 2.93 bits per heavy atom. The van der Waals surface area contributed by atoms with E-state index in [1.165, 1.54) is 12.1 Å². The molecule has 9 heteroatoms. The van der Waals surface area contributed by atoms with Crippen molar-refractivity contribution in [3.63, 3.8) is 0 Å². The van der Waals surface area contributed by atoms with Crippen LogP contribution in [0.1, 0.15) is 5.76 Å². The molecule has 0 atom stereocenters. The molecule has 0 radical (unpaired) electrons. The summed E-state index contributed by atoms with van der Waals surface area (Å²) in [7, 11) is 0. The molecule has 0 aliphatic carbocycles. The molecular weight excluding hydrogens is 206 g/mol. The van der Waals surface area contributed by atoms with E-state index in [-0.39, 0.29) is 5.76 Å². The standard InChI is InChI=1S/C6H7N5O4/c7-9-6(12)10-8-3-4-1-2-5(15-4)11(13)14/h1-3H,7H2,(H2,9,10,12)/b8-3+. The van der Waals surface area contributed by atoms with Gasteiger partial charge in [0.1, 0.15) is 4.92 Å². The topological polar surface area (TPSA) is 136 Å². The minimum absolute atomic E-state index is 0.138. The number of hydrazine groups is 1. The number of nitro groups is 1. The van der Waals surface area contributed by atoms with E-state index in [2.05, 4.69) is 5.10 Å². The first-order valence-electron chi connectivity index (χ1n) is 3.67. The number of nitrogens with one attached hydrogen (secondary N) is 2. The number of rotatable bonds is 3. The Bertz CT molecular complexity index is 398. The summed E-state index contributed by atoms with van der Waals surface area (Å²) in [5.74, 6) is 4.48. The predicted octanol–water partition coefficient (Wildman–Crippen LogP) is -0.305. The van der Waals surface area contributed by atoms with Gasteiger partial charge in [0.2, 0.25) is 0 Å². The lowest BCUT2D eigenvalue weighted by Crippen LogP contribution is -2.37. The summed E-state index contributed by atoms with van der Waals surface area (Å²) >= 11 is 0. The maximum Gasteiger partial charge on any atom is 0.433 e. The van der Waals surface area contributed by atoms with Crippen LogP contribution in [0.25, 0.3) is 0 Å². The van der Waals surface area contributed by atoms with Gasteiger partial charge in [-0.2, -0.15) is 5.10 Å². The van der Waals surface area contributed by atoms with Crippen LogP contribution in [0, 0.1) is 10.1 Å². The van der Waals surface area contributed by atoms with Crippen molar-refractivity contribution in [3.05, 3.63) is 28.0 Å². The van der Waals surface area contributed by atoms with Crippen LogP contribution in [0.2, 0.25) is 0 Å². The molecule has 0 saturated carbocycles. The first-order valence-corrected chi connectivity index (χ1v) is 3.67. The summed E-state index contributed by atoms with van der Waals surface area (Å²) in [6.45, 7) is 0. The van der Waals surface area contributed by atoms with Gasteiger partial charge in [-0.25, -0.2) is 16.1 Å². The lowest BCUT2D eigenvalue weighted by molar-refractivity contribution is -0.402. The second-order valence-electron chi connectivity index (χ2n) is 2.28. The quantitative estimate of drug-likeness (QED) is 0.208. The SMILES string of the molecule is NNC(=O)N/N=C/c1ccc([N+](=O)[O-])o1. The highest BCUT2D eigenvalue weighted by atomic mass is 16.6. The number of carbonyl (C=O) groups is 1. The lowest BCUT2D eigenvalue weighted by atomic mass is 10.5. The normalized spacial score (nSPS) is 10.2. The summed E-state index contributed by atoms with van der Waals surface area (Å²) in [5, 5.41) is 13.6. The summed E-state index contributed by atoms with van der Waals surface area (Å²) in [6, 6.07) is 1.79. The highest BCUT2D eigenvalue weighted by molar-refractivity contribution is 5.79. The number of amides is 2. The molecule has 0 unspecified atom stereocenters. The predicted molar refractivity (Wildman–Crippen MR) is 48.8 cm³/mol. The number of urea groups is 1. The number of nitrogens with two attached hydrogens (primary N) is 1. The van der Waals surface area contributed by atoms with Gasteiger partial charge in [0, 0.05) is 0 Å². The zero-order valence-electron chi connectivity index (χ0n) is 7.34. The maximum absolute atomic E-state index is 10.5. The monoisotopic (exact) mass is 213 g/mol. The molecule has 2 amide bonds. The van der Waals surface area contributed by atoms with Gasteiger partial charge in [0.05, 0.1) is 12.3 Å². The van der Waals surface area contributed by atoms with E-state index in [0.29, 0.717) is 0 Å². The van der Waals surface area contributed by atoms with Crippen molar-refractivity contribution < 1.29 is 14.1 Å². The van der Waals surface area contributed by atoms with Crippen LogP contribution in [0.5, 0.6) is 0 Å². The van der Waals surface area contributed by atoms with Crippen molar-refractivity contribution >= 4 is 18.1 Å². The molecule has 0 aliphatic rings. The van der Waals surface area contributed by atoms with Gasteiger partial charge in [-0.3, -0.25) is 15.5 Å². The first kappa shape index (κ1) is 10.7. The van der Waals surface area contributed by atoms with E-state index in [4.69, 9.17) is 10.3 Å². The molecule has 9 nitrogen and oxygen atoms in total. The smallest absolute Gasteiger partial charge is 0.400 e. The minimum Gasteiger partial charge on any atom is -0.400 e. The van der Waals surface area contributed by atoms with Gasteiger partial charge >= 0.3 is 11.9 Å². The molecule has 0 saturated heterocycles. The van der Waals surface area contributed by atoms with Crippen LogP contribution in [-0.2, 0) is 0 Å². The summed E-state index contributed by atoms with van der Waals surface area (Å²) < 4.78 is 4.71. The zero-order valence-corrected chi connectivity index (χ0v) is 7.34. The highest BCUT2D eigenvalue weighted by Gasteiger charge is 2.10. The summed E-state index contributed by atoms with van der Waals surface area (Å²) in [4.78, 5) is 20.0. The van der Waals surface area contributed by atoms with Crippen molar-refractivity contribution in [2.45, 2.75) is 0 Å². The Morgan fingerprint density at radius 1 is 1.67 bits per heavy atom. The molecule has 0 fully saturated rings. The largest absolute Gasteiger partial charge is 0.433 e. The maximum atomic E-state index is 10.5. The van der Waals surface area contributed by atoms with E-state index in [1.807, 2.05) is 5.43 Å². The van der Waals surface area contributed by atoms with E-state index >= 15 is 0 Å². The summed E-state index contributed by atoms with van der Waals surface area (Å²) in [5.41, 5.74) is 3.76. The Balaban J connectivity index is 2.57. The van der Waals surface area contributed by atoms with Crippen LogP contribution < -0.4 is 16.7 Å². The number of hydrazone groups is 1. The lowest BCUT2D eigenvalue weighted by Gasteiger charge is -1.93. The van der Waals surface area contributed by atoms with E-state index in [1.54, 1.807) is 5.43 Å². The molecule has 1 heterocycles. The molecular formula is C6H7N5O4. The van der Waals surface area contributed by atoms with E-state index < -0.39 is 16.8 Å². The first-order chi connectivity index (χ1) is 7.13. The highest BCUT2D eigenvalue weighted by Crippen LogP contribution is 2.13. The van der Waals surface area contributed by atoms with Gasteiger partial charge in [-0.15, -0.1) is 0 Å². The average molecular weight is 213 g/mol. The molecule has 80 valence electrons. The fourth-order valence-corrected chi connectivity index (χ4v) is 0.697. The van der Waals surface area contributed by atoms with Crippen molar-refractivity contribution in [2.75, 3.05) is 0 Å². The molecule has 0 bridgehead atoms. The number of carbonyl (C=O) groups excluding carboxylic acids is 1. The number of nitrogens with zero attached hydrogens (tertiary/aromatic N) is 2. The van der Waals surface area contributed by atoms with Crippen LogP contribution in [0.15, 0.2) is 21.7 Å². The fourth-order valence-electron chi connectivity index (χ4n) is 0.697. The Labute approximate surface area is 83.0 Å². The van der Waals surface area contributed by atoms with Crippen molar-refractivity contribution in [1.82, 2.24) is 10.9 Å². The summed E-state index contributed by atoms with van der Waals surface area (Å²) in [6.07, 6.45) is 1.10. The van der Waals surface area contributed by atoms with Gasteiger partial charge in [-0.05, 0) is 6.07 Å². The molecule has 1 aromatic heterocycles. The Morgan fingerprint density at radius 2 is 2.40 bits per heavy atom. The molecule has 1 aromatic rings. The second kappa shape index (κ2) is 4.72. The van der Waals surface area contributed by atoms with Crippen molar-refractivity contribution in [1.29, 1.82) is 0 Å². The van der Waals surface area contributed by atoms with Crippen molar-refractivity contribution in [2.24, 2.45) is 10.9 Å². The molecule has 4 N–H and O–H groups in total. The number of hydrogen-bond donors (Lipinski definition) is 3. The third-order valence-corrected chi connectivity index (χ3v) is 1.28. The molecule has 0 spiro atoms. The van der Waals surface area contributed by atoms with Gasteiger partial charge in [0.15, 0.2) is 5.76 Å². The molecule has 15 heavy (non-hydrogen) atoms. The minimum atomic E-state index is -0.715. The van der Waals surface area contributed by atoms with Gasteiger partial charge in [-0.1, -0.05) is 0 Å². The van der Waals surface area contributed by atoms with Gasteiger partial charge in [0.25, 0.3) is 0 Å². The average Bonchev–Trinajstić information content (AvgIpc) is 2.66. The Hall–Kier alpha value is -2.42. The van der Waals surface area contributed by atoms with Crippen LogP contribution in [0.3, 0.4) is 0 Å². The third-order valence-electron chi connectivity index (χ3n) is 1.28. The molecule has 0 aromatic carbocycles. The van der Waals surface area contributed by atoms with Crippen LogP contribution in [-0.4, -0.2) is 17.2 Å². The van der Waals surface area contributed by atoms with Crippen molar-refractivity contribution in [3.8, 4) is 0 Å². The van der Waals surface area contributed by atoms with Gasteiger partial charge < -0.3 is 4.42 Å². The molecule has 1 rings (SSSR count). The number of furan rings is 1. The Kier molecular flexibility index (Phi) is 3.35. The second-order valence-corrected chi connectivity index (χ2v) is 2.28. The van der Waals surface area contributed by atoms with E-state index in [9.17, 15) is 14.9 Å². The number of hydrogen-bond acceptors (Lipinski definition) is 6. The fraction of sp³-hybridized carbons (Fsp3) is 0. The molecule has 0 aliphatic heterocycles. The van der Waals surface area contributed by atoms with Crippen LogP contribution >= 0.6 is 0 Å². The zero-order chi connectivity index (χ0) is 11.3.